The maximum atomic E-state index is 12.1. The molecular formula is C15H18BrNO4. The molecule has 0 radical (unpaired) electrons. The summed E-state index contributed by atoms with van der Waals surface area (Å²) < 4.78 is 17.1. The molecule has 0 saturated heterocycles. The van der Waals surface area contributed by atoms with E-state index in [0.717, 1.165) is 29.3 Å². The molecular weight excluding hydrogens is 338 g/mol. The number of carbonyl (C=O) groups excluding carboxylic acids is 1. The fourth-order valence-electron chi connectivity index (χ4n) is 2.32. The molecule has 0 aromatic heterocycles. The molecule has 114 valence electrons. The van der Waals surface area contributed by atoms with Gasteiger partial charge in [-0.05, 0) is 46.5 Å². The third-order valence-electron chi connectivity index (χ3n) is 3.57. The van der Waals surface area contributed by atoms with Crippen molar-refractivity contribution in [3.63, 3.8) is 0 Å². The summed E-state index contributed by atoms with van der Waals surface area (Å²) in [7, 11) is 1.40. The molecule has 0 amide bonds. The van der Waals surface area contributed by atoms with Gasteiger partial charge in [0.1, 0.15) is 6.04 Å². The smallest absolute Gasteiger partial charge is 0.327 e. The molecule has 21 heavy (non-hydrogen) atoms. The van der Waals surface area contributed by atoms with Crippen molar-refractivity contribution in [1.29, 1.82) is 0 Å². The molecule has 1 saturated carbocycles. The van der Waals surface area contributed by atoms with E-state index in [1.165, 1.54) is 7.11 Å². The summed E-state index contributed by atoms with van der Waals surface area (Å²) in [5.41, 5.74) is 0.824. The van der Waals surface area contributed by atoms with Crippen molar-refractivity contribution in [3.05, 3.63) is 22.2 Å². The number of fused-ring (bicyclic) bond motifs is 1. The average Bonchev–Trinajstić information content (AvgIpc) is 3.30. The van der Waals surface area contributed by atoms with Crippen molar-refractivity contribution in [3.8, 4) is 11.5 Å². The van der Waals surface area contributed by atoms with Gasteiger partial charge in [-0.25, -0.2) is 4.79 Å². The highest BCUT2D eigenvalue weighted by atomic mass is 79.9. The average molecular weight is 356 g/mol. The number of rotatable bonds is 4. The highest BCUT2D eigenvalue weighted by Crippen LogP contribution is 2.40. The van der Waals surface area contributed by atoms with Crippen molar-refractivity contribution in [1.82, 2.24) is 5.32 Å². The predicted molar refractivity (Wildman–Crippen MR) is 80.7 cm³/mol. The van der Waals surface area contributed by atoms with Crippen LogP contribution in [0.25, 0.3) is 0 Å². The highest BCUT2D eigenvalue weighted by Gasteiger charge is 2.31. The van der Waals surface area contributed by atoms with E-state index in [1.807, 2.05) is 12.1 Å². The first kappa shape index (κ1) is 14.7. The largest absolute Gasteiger partial charge is 0.490 e. The Morgan fingerprint density at radius 2 is 2.14 bits per heavy atom. The van der Waals surface area contributed by atoms with Crippen LogP contribution in [0.5, 0.6) is 11.5 Å². The molecule has 1 unspecified atom stereocenters. The number of benzene rings is 1. The number of esters is 1. The second-order valence-electron chi connectivity index (χ2n) is 5.28. The lowest BCUT2D eigenvalue weighted by Gasteiger charge is -2.19. The number of hydrogen-bond donors (Lipinski definition) is 1. The van der Waals surface area contributed by atoms with Gasteiger partial charge in [0.2, 0.25) is 0 Å². The summed E-state index contributed by atoms with van der Waals surface area (Å²) in [5.74, 6) is 1.08. The molecule has 6 heteroatoms. The van der Waals surface area contributed by atoms with Crippen molar-refractivity contribution in [2.24, 2.45) is 0 Å². The number of hydrogen-bond acceptors (Lipinski definition) is 5. The van der Waals surface area contributed by atoms with Gasteiger partial charge in [-0.15, -0.1) is 0 Å². The van der Waals surface area contributed by atoms with E-state index in [9.17, 15) is 4.79 Å². The lowest BCUT2D eigenvalue weighted by molar-refractivity contribution is -0.143. The van der Waals surface area contributed by atoms with Crippen LogP contribution in [-0.4, -0.2) is 32.3 Å². The number of carbonyl (C=O) groups is 1. The topological polar surface area (TPSA) is 56.8 Å². The normalized spacial score (nSPS) is 18.8. The van der Waals surface area contributed by atoms with Crippen LogP contribution in [0.1, 0.15) is 30.9 Å². The molecule has 1 aliphatic heterocycles. The molecule has 1 aromatic carbocycles. The van der Waals surface area contributed by atoms with Gasteiger partial charge < -0.3 is 14.2 Å². The zero-order valence-corrected chi connectivity index (χ0v) is 13.4. The van der Waals surface area contributed by atoms with Gasteiger partial charge in [-0.1, -0.05) is 0 Å². The van der Waals surface area contributed by atoms with Gasteiger partial charge in [0.05, 0.1) is 24.8 Å². The van der Waals surface area contributed by atoms with Gasteiger partial charge >= 0.3 is 5.97 Å². The minimum atomic E-state index is -0.476. The van der Waals surface area contributed by atoms with Gasteiger partial charge in [0.15, 0.2) is 11.5 Å². The molecule has 5 nitrogen and oxygen atoms in total. The third-order valence-corrected chi connectivity index (χ3v) is 4.16. The molecule has 1 aliphatic carbocycles. The Kier molecular flexibility index (Phi) is 4.35. The van der Waals surface area contributed by atoms with Crippen LogP contribution in [0.3, 0.4) is 0 Å². The molecule has 2 aliphatic rings. The first-order chi connectivity index (χ1) is 10.2. The molecule has 1 N–H and O–H groups in total. The third kappa shape index (κ3) is 3.32. The second-order valence-corrected chi connectivity index (χ2v) is 6.13. The zero-order chi connectivity index (χ0) is 14.8. The minimum Gasteiger partial charge on any atom is -0.490 e. The van der Waals surface area contributed by atoms with E-state index in [4.69, 9.17) is 14.2 Å². The SMILES string of the molecule is COC(=O)C(NC1CC1)c1cc(Br)c2c(c1)OCCCO2. The minimum absolute atomic E-state index is 0.289. The highest BCUT2D eigenvalue weighted by molar-refractivity contribution is 9.10. The monoisotopic (exact) mass is 355 g/mol. The Balaban J connectivity index is 1.93. The van der Waals surface area contributed by atoms with Gasteiger partial charge in [-0.3, -0.25) is 5.32 Å². The summed E-state index contributed by atoms with van der Waals surface area (Å²) >= 11 is 3.50. The molecule has 1 heterocycles. The molecule has 0 bridgehead atoms. The molecule has 3 rings (SSSR count). The number of ether oxygens (including phenoxy) is 3. The molecule has 1 aromatic rings. The Morgan fingerprint density at radius 3 is 2.86 bits per heavy atom. The maximum Gasteiger partial charge on any atom is 0.327 e. The van der Waals surface area contributed by atoms with Crippen LogP contribution in [-0.2, 0) is 9.53 Å². The second kappa shape index (κ2) is 6.23. The lowest BCUT2D eigenvalue weighted by atomic mass is 10.1. The van der Waals surface area contributed by atoms with Crippen LogP contribution in [0.15, 0.2) is 16.6 Å². The van der Waals surface area contributed by atoms with Crippen LogP contribution < -0.4 is 14.8 Å². The summed E-state index contributed by atoms with van der Waals surface area (Å²) in [6.07, 6.45) is 3.04. The van der Waals surface area contributed by atoms with E-state index in [2.05, 4.69) is 21.2 Å². The summed E-state index contributed by atoms with van der Waals surface area (Å²) in [6, 6.07) is 3.67. The quantitative estimate of drug-likeness (QED) is 0.841. The predicted octanol–water partition coefficient (Wildman–Crippen LogP) is 2.58. The Bertz CT molecular complexity index is 545. The fourth-order valence-corrected chi connectivity index (χ4v) is 2.90. The first-order valence-corrected chi connectivity index (χ1v) is 7.91. The summed E-state index contributed by atoms with van der Waals surface area (Å²) in [5, 5.41) is 3.32. The van der Waals surface area contributed by atoms with Gasteiger partial charge in [0.25, 0.3) is 0 Å². The first-order valence-electron chi connectivity index (χ1n) is 7.12. The van der Waals surface area contributed by atoms with Crippen molar-refractivity contribution < 1.29 is 19.0 Å². The summed E-state index contributed by atoms with van der Waals surface area (Å²) in [4.78, 5) is 12.1. The zero-order valence-electron chi connectivity index (χ0n) is 11.9. The van der Waals surface area contributed by atoms with Gasteiger partial charge in [-0.2, -0.15) is 0 Å². The van der Waals surface area contributed by atoms with Crippen LogP contribution in [0, 0.1) is 0 Å². The van der Waals surface area contributed by atoms with E-state index < -0.39 is 6.04 Å². The van der Waals surface area contributed by atoms with Crippen molar-refractivity contribution in [2.75, 3.05) is 20.3 Å². The maximum absolute atomic E-state index is 12.1. The number of methoxy groups -OCH3 is 1. The Hall–Kier alpha value is -1.27. The van der Waals surface area contributed by atoms with Crippen molar-refractivity contribution in [2.45, 2.75) is 31.3 Å². The Labute approximate surface area is 132 Å². The molecule has 1 atom stereocenters. The van der Waals surface area contributed by atoms with E-state index in [0.29, 0.717) is 30.8 Å². The van der Waals surface area contributed by atoms with Crippen LogP contribution in [0.2, 0.25) is 0 Å². The van der Waals surface area contributed by atoms with Crippen LogP contribution >= 0.6 is 15.9 Å². The molecule has 1 fully saturated rings. The number of halogens is 1. The molecule has 0 spiro atoms. The van der Waals surface area contributed by atoms with E-state index in [1.54, 1.807) is 0 Å². The summed E-state index contributed by atoms with van der Waals surface area (Å²) in [6.45, 7) is 1.24. The lowest BCUT2D eigenvalue weighted by Crippen LogP contribution is -2.31. The van der Waals surface area contributed by atoms with Crippen LogP contribution in [0.4, 0.5) is 0 Å². The van der Waals surface area contributed by atoms with Crippen molar-refractivity contribution >= 4 is 21.9 Å². The number of nitrogens with one attached hydrogen (secondary N) is 1. The standard InChI is InChI=1S/C15H18BrNO4/c1-19-15(18)13(17-10-3-4-10)9-7-11(16)14-12(8-9)20-5-2-6-21-14/h7-8,10,13,17H,2-6H2,1H3. The fraction of sp³-hybridized carbons (Fsp3) is 0.533. The van der Waals surface area contributed by atoms with E-state index in [-0.39, 0.29) is 5.97 Å². The Morgan fingerprint density at radius 1 is 1.38 bits per heavy atom. The van der Waals surface area contributed by atoms with Gasteiger partial charge in [0, 0.05) is 12.5 Å². The van der Waals surface area contributed by atoms with E-state index >= 15 is 0 Å².